The molecule has 3 aromatic carbocycles. The maximum Gasteiger partial charge on any atom is 0.255 e. The van der Waals surface area contributed by atoms with Crippen LogP contribution in [0.4, 0.5) is 5.69 Å². The Morgan fingerprint density at radius 2 is 1.71 bits per heavy atom. The molecule has 0 saturated heterocycles. The van der Waals surface area contributed by atoms with Crippen LogP contribution in [0.15, 0.2) is 71.6 Å². The Morgan fingerprint density at radius 3 is 2.39 bits per heavy atom. The third-order valence-corrected chi connectivity index (χ3v) is 6.85. The van der Waals surface area contributed by atoms with Gasteiger partial charge in [-0.15, -0.1) is 0 Å². The lowest BCUT2D eigenvalue weighted by molar-refractivity contribution is 0.102. The predicted octanol–water partition coefficient (Wildman–Crippen LogP) is 4.04. The fourth-order valence-corrected chi connectivity index (χ4v) is 4.14. The number of nitrogens with one attached hydrogen (secondary N) is 2. The van der Waals surface area contributed by atoms with E-state index < -0.39 is 10.0 Å². The Labute approximate surface area is 180 Å². The van der Waals surface area contributed by atoms with Crippen LogP contribution in [-0.4, -0.2) is 42.7 Å². The summed E-state index contributed by atoms with van der Waals surface area (Å²) in [5.41, 5.74) is 4.34. The molecule has 31 heavy (non-hydrogen) atoms. The molecule has 0 aliphatic carbocycles. The number of aryl methyl sites for hydroxylation is 1. The van der Waals surface area contributed by atoms with Gasteiger partial charge >= 0.3 is 0 Å². The van der Waals surface area contributed by atoms with E-state index in [1.807, 2.05) is 36.4 Å². The molecule has 0 aliphatic heterocycles. The number of aromatic nitrogens is 2. The number of sulfonamides is 1. The van der Waals surface area contributed by atoms with Crippen LogP contribution in [0.3, 0.4) is 0 Å². The van der Waals surface area contributed by atoms with E-state index >= 15 is 0 Å². The first-order chi connectivity index (χ1) is 14.8. The molecule has 0 bridgehead atoms. The number of nitrogens with zero attached hydrogens (tertiary/aromatic N) is 2. The highest BCUT2D eigenvalue weighted by Crippen LogP contribution is 2.23. The second kappa shape index (κ2) is 7.98. The fourth-order valence-electron chi connectivity index (χ4n) is 3.22. The molecular formula is C23H22N4O3S. The summed E-state index contributed by atoms with van der Waals surface area (Å²) in [5, 5.41) is 2.83. The van der Waals surface area contributed by atoms with Crippen molar-refractivity contribution < 1.29 is 13.2 Å². The van der Waals surface area contributed by atoms with Gasteiger partial charge in [-0.25, -0.2) is 17.7 Å². The number of rotatable bonds is 5. The molecule has 0 unspecified atom stereocenters. The van der Waals surface area contributed by atoms with E-state index in [2.05, 4.69) is 15.3 Å². The van der Waals surface area contributed by atoms with Crippen molar-refractivity contribution in [2.45, 2.75) is 11.8 Å². The van der Waals surface area contributed by atoms with Gasteiger partial charge in [0.15, 0.2) is 0 Å². The second-order valence-electron chi connectivity index (χ2n) is 7.40. The summed E-state index contributed by atoms with van der Waals surface area (Å²) in [6.45, 7) is 1.77. The zero-order valence-electron chi connectivity index (χ0n) is 17.4. The van der Waals surface area contributed by atoms with Crippen LogP contribution < -0.4 is 5.32 Å². The highest BCUT2D eigenvalue weighted by molar-refractivity contribution is 7.89. The number of carbonyl (C=O) groups is 1. The van der Waals surface area contributed by atoms with Crippen molar-refractivity contribution in [1.29, 1.82) is 0 Å². The summed E-state index contributed by atoms with van der Waals surface area (Å²) >= 11 is 0. The molecule has 158 valence electrons. The standard InChI is InChI=1S/C23H22N4O3S/c1-15-8-13-18(31(29,30)27(2)3)14-19(15)23(28)24-17-11-9-16(10-12-17)22-25-20-6-4-5-7-21(20)26-22/h4-14H,1-3H3,(H,24,28)(H,25,26). The molecule has 4 rings (SSSR count). The average molecular weight is 435 g/mol. The summed E-state index contributed by atoms with van der Waals surface area (Å²) < 4.78 is 25.9. The monoisotopic (exact) mass is 434 g/mol. The zero-order chi connectivity index (χ0) is 22.2. The van der Waals surface area contributed by atoms with Gasteiger partial charge in [0.1, 0.15) is 5.82 Å². The summed E-state index contributed by atoms with van der Waals surface area (Å²) in [7, 11) is -0.713. The van der Waals surface area contributed by atoms with E-state index in [1.54, 1.807) is 25.1 Å². The topological polar surface area (TPSA) is 95.2 Å². The minimum absolute atomic E-state index is 0.0773. The lowest BCUT2D eigenvalue weighted by Crippen LogP contribution is -2.23. The molecule has 0 fully saturated rings. The number of amides is 1. The van der Waals surface area contributed by atoms with Gasteiger partial charge in [0.05, 0.1) is 15.9 Å². The number of para-hydroxylation sites is 2. The van der Waals surface area contributed by atoms with Crippen molar-refractivity contribution >= 4 is 32.7 Å². The van der Waals surface area contributed by atoms with Gasteiger partial charge in [-0.3, -0.25) is 4.79 Å². The van der Waals surface area contributed by atoms with Crippen LogP contribution >= 0.6 is 0 Å². The number of imidazole rings is 1. The normalized spacial score (nSPS) is 11.7. The SMILES string of the molecule is Cc1ccc(S(=O)(=O)N(C)C)cc1C(=O)Nc1ccc(-c2nc3ccccc3[nH]2)cc1. The average Bonchev–Trinajstić information content (AvgIpc) is 3.18. The summed E-state index contributed by atoms with van der Waals surface area (Å²) in [6, 6.07) is 19.6. The van der Waals surface area contributed by atoms with E-state index in [0.29, 0.717) is 16.8 Å². The van der Waals surface area contributed by atoms with E-state index in [0.717, 1.165) is 26.7 Å². The number of fused-ring (bicyclic) bond motifs is 1. The predicted molar refractivity (Wildman–Crippen MR) is 122 cm³/mol. The largest absolute Gasteiger partial charge is 0.338 e. The first kappa shape index (κ1) is 20.8. The number of hydrogen-bond acceptors (Lipinski definition) is 4. The first-order valence-corrected chi connectivity index (χ1v) is 11.1. The minimum Gasteiger partial charge on any atom is -0.338 e. The van der Waals surface area contributed by atoms with E-state index in [9.17, 15) is 13.2 Å². The number of benzene rings is 3. The number of hydrogen-bond donors (Lipinski definition) is 2. The third-order valence-electron chi connectivity index (χ3n) is 5.04. The molecule has 2 N–H and O–H groups in total. The smallest absolute Gasteiger partial charge is 0.255 e. The summed E-state index contributed by atoms with van der Waals surface area (Å²) in [6.07, 6.45) is 0. The molecule has 0 radical (unpaired) electrons. The van der Waals surface area contributed by atoms with E-state index in [4.69, 9.17) is 0 Å². The van der Waals surface area contributed by atoms with Gasteiger partial charge in [0.2, 0.25) is 10.0 Å². The maximum absolute atomic E-state index is 12.8. The third kappa shape index (κ3) is 4.08. The van der Waals surface area contributed by atoms with Gasteiger partial charge in [-0.05, 0) is 61.0 Å². The zero-order valence-corrected chi connectivity index (χ0v) is 18.2. The van der Waals surface area contributed by atoms with Crippen LogP contribution in [0.2, 0.25) is 0 Å². The summed E-state index contributed by atoms with van der Waals surface area (Å²) in [4.78, 5) is 20.7. The molecule has 0 aliphatic rings. The molecular weight excluding hydrogens is 412 g/mol. The van der Waals surface area contributed by atoms with Crippen LogP contribution in [-0.2, 0) is 10.0 Å². The Bertz CT molecular complexity index is 1340. The van der Waals surface area contributed by atoms with Crippen molar-refractivity contribution in [2.75, 3.05) is 19.4 Å². The Balaban J connectivity index is 1.56. The molecule has 1 heterocycles. The Kier molecular flexibility index (Phi) is 5.34. The number of carbonyl (C=O) groups excluding carboxylic acids is 1. The molecule has 0 saturated carbocycles. The molecule has 8 heteroatoms. The second-order valence-corrected chi connectivity index (χ2v) is 9.55. The number of aromatic amines is 1. The molecule has 0 spiro atoms. The molecule has 4 aromatic rings. The van der Waals surface area contributed by atoms with E-state index in [-0.39, 0.29) is 10.8 Å². The quantitative estimate of drug-likeness (QED) is 0.496. The summed E-state index contributed by atoms with van der Waals surface area (Å²) in [5.74, 6) is 0.376. The van der Waals surface area contributed by atoms with Crippen molar-refractivity contribution in [3.63, 3.8) is 0 Å². The van der Waals surface area contributed by atoms with Crippen molar-refractivity contribution in [3.05, 3.63) is 77.9 Å². The molecule has 1 aromatic heterocycles. The lowest BCUT2D eigenvalue weighted by Gasteiger charge is -2.14. The fraction of sp³-hybridized carbons (Fsp3) is 0.130. The van der Waals surface area contributed by atoms with Crippen molar-refractivity contribution in [2.24, 2.45) is 0 Å². The van der Waals surface area contributed by atoms with Crippen LogP contribution in [0.5, 0.6) is 0 Å². The van der Waals surface area contributed by atoms with Crippen LogP contribution in [0.25, 0.3) is 22.4 Å². The van der Waals surface area contributed by atoms with Crippen molar-refractivity contribution in [3.8, 4) is 11.4 Å². The molecule has 7 nitrogen and oxygen atoms in total. The highest BCUT2D eigenvalue weighted by Gasteiger charge is 2.20. The number of anilines is 1. The maximum atomic E-state index is 12.8. The Morgan fingerprint density at radius 1 is 1.00 bits per heavy atom. The minimum atomic E-state index is -3.63. The Hall–Kier alpha value is -3.49. The lowest BCUT2D eigenvalue weighted by atomic mass is 10.1. The van der Waals surface area contributed by atoms with Gasteiger partial charge in [-0.1, -0.05) is 18.2 Å². The first-order valence-electron chi connectivity index (χ1n) is 9.65. The van der Waals surface area contributed by atoms with Gasteiger partial charge < -0.3 is 10.3 Å². The van der Waals surface area contributed by atoms with Gasteiger partial charge in [0, 0.05) is 30.9 Å². The van der Waals surface area contributed by atoms with Gasteiger partial charge in [0.25, 0.3) is 5.91 Å². The highest BCUT2D eigenvalue weighted by atomic mass is 32.2. The molecule has 1 amide bonds. The molecule has 0 atom stereocenters. The van der Waals surface area contributed by atoms with E-state index in [1.165, 1.54) is 26.2 Å². The van der Waals surface area contributed by atoms with Crippen LogP contribution in [0, 0.1) is 6.92 Å². The van der Waals surface area contributed by atoms with Gasteiger partial charge in [-0.2, -0.15) is 0 Å². The van der Waals surface area contributed by atoms with Crippen molar-refractivity contribution in [1.82, 2.24) is 14.3 Å². The number of H-pyrrole nitrogens is 1. The van der Waals surface area contributed by atoms with Crippen LogP contribution in [0.1, 0.15) is 15.9 Å².